The summed E-state index contributed by atoms with van der Waals surface area (Å²) in [6.45, 7) is 1.03. The van der Waals surface area contributed by atoms with E-state index in [0.29, 0.717) is 25.2 Å². The lowest BCUT2D eigenvalue weighted by Crippen LogP contribution is -2.15. The van der Waals surface area contributed by atoms with E-state index in [1.165, 1.54) is 12.4 Å². The molecular formula is C14H14F2N4O2. The third kappa shape index (κ3) is 4.19. The minimum absolute atomic E-state index is 0.117. The second kappa shape index (κ2) is 7.41. The fourth-order valence-electron chi connectivity index (χ4n) is 1.59. The zero-order valence-electron chi connectivity index (χ0n) is 11.8. The number of carbonyl (C=O) groups is 1. The Balaban J connectivity index is 2.00. The number of hydrogen-bond acceptors (Lipinski definition) is 5. The lowest BCUT2D eigenvalue weighted by Gasteiger charge is -2.07. The van der Waals surface area contributed by atoms with E-state index in [9.17, 15) is 13.6 Å². The Bertz CT molecular complexity index is 650. The largest absolute Gasteiger partial charge is 0.383 e. The molecule has 2 aromatic rings. The molecule has 2 N–H and O–H groups in total. The van der Waals surface area contributed by atoms with E-state index in [2.05, 4.69) is 20.6 Å². The highest BCUT2D eigenvalue weighted by atomic mass is 19.1. The molecule has 0 fully saturated rings. The maximum Gasteiger partial charge on any atom is 0.258 e. The lowest BCUT2D eigenvalue weighted by atomic mass is 10.2. The van der Waals surface area contributed by atoms with Crippen molar-refractivity contribution in [3.05, 3.63) is 47.8 Å². The van der Waals surface area contributed by atoms with Crippen LogP contribution in [0, 0.1) is 11.6 Å². The molecule has 0 saturated carbocycles. The Morgan fingerprint density at radius 2 is 2.00 bits per heavy atom. The van der Waals surface area contributed by atoms with E-state index in [1.54, 1.807) is 7.11 Å². The molecule has 0 saturated heterocycles. The number of halogens is 2. The molecule has 6 nitrogen and oxygen atoms in total. The van der Waals surface area contributed by atoms with Crippen molar-refractivity contribution in [3.8, 4) is 0 Å². The van der Waals surface area contributed by atoms with Crippen molar-refractivity contribution in [2.24, 2.45) is 0 Å². The van der Waals surface area contributed by atoms with Crippen LogP contribution in [0.2, 0.25) is 0 Å². The van der Waals surface area contributed by atoms with Crippen LogP contribution < -0.4 is 10.6 Å². The molecule has 1 aromatic heterocycles. The van der Waals surface area contributed by atoms with Gasteiger partial charge in [-0.05, 0) is 12.1 Å². The monoisotopic (exact) mass is 308 g/mol. The van der Waals surface area contributed by atoms with Crippen LogP contribution in [0.1, 0.15) is 10.4 Å². The van der Waals surface area contributed by atoms with Crippen molar-refractivity contribution < 1.29 is 18.3 Å². The first-order chi connectivity index (χ1) is 10.6. The zero-order valence-corrected chi connectivity index (χ0v) is 11.8. The summed E-state index contributed by atoms with van der Waals surface area (Å²) in [6.07, 6.45) is 2.61. The highest BCUT2D eigenvalue weighted by Crippen LogP contribution is 2.16. The first-order valence-corrected chi connectivity index (χ1v) is 6.41. The maximum absolute atomic E-state index is 13.5. The van der Waals surface area contributed by atoms with Crippen LogP contribution in [-0.2, 0) is 4.74 Å². The van der Waals surface area contributed by atoms with Crippen molar-refractivity contribution >= 4 is 17.5 Å². The Hall–Kier alpha value is -2.61. The molecule has 0 aliphatic rings. The molecule has 2 rings (SSSR count). The van der Waals surface area contributed by atoms with Crippen LogP contribution in [0.15, 0.2) is 30.6 Å². The van der Waals surface area contributed by atoms with Crippen LogP contribution in [0.4, 0.5) is 20.4 Å². The number of nitrogens with one attached hydrogen (secondary N) is 2. The number of aromatic nitrogens is 2. The summed E-state index contributed by atoms with van der Waals surface area (Å²) in [5, 5.41) is 5.22. The molecule has 0 atom stereocenters. The number of benzene rings is 1. The summed E-state index contributed by atoms with van der Waals surface area (Å²) < 4.78 is 31.1. The Labute approximate surface area is 125 Å². The molecular weight excluding hydrogens is 294 g/mol. The SMILES string of the molecule is COCCNc1ncc(C(=O)Nc2ccc(F)cc2F)cn1. The van der Waals surface area contributed by atoms with Crippen LogP contribution in [0.3, 0.4) is 0 Å². The smallest absolute Gasteiger partial charge is 0.258 e. The van der Waals surface area contributed by atoms with Gasteiger partial charge >= 0.3 is 0 Å². The summed E-state index contributed by atoms with van der Waals surface area (Å²) in [4.78, 5) is 19.8. The number of hydrogen-bond donors (Lipinski definition) is 2. The van der Waals surface area contributed by atoms with Crippen LogP contribution in [0.25, 0.3) is 0 Å². The van der Waals surface area contributed by atoms with E-state index in [1.807, 2.05) is 0 Å². The zero-order chi connectivity index (χ0) is 15.9. The van der Waals surface area contributed by atoms with E-state index >= 15 is 0 Å². The number of ether oxygens (including phenoxy) is 1. The fourth-order valence-corrected chi connectivity index (χ4v) is 1.59. The third-order valence-electron chi connectivity index (χ3n) is 2.68. The van der Waals surface area contributed by atoms with Crippen LogP contribution >= 0.6 is 0 Å². The van der Waals surface area contributed by atoms with Gasteiger partial charge in [0, 0.05) is 32.1 Å². The van der Waals surface area contributed by atoms with Gasteiger partial charge in [0.15, 0.2) is 0 Å². The van der Waals surface area contributed by atoms with Gasteiger partial charge in [0.2, 0.25) is 5.95 Å². The first-order valence-electron chi connectivity index (χ1n) is 6.41. The summed E-state index contributed by atoms with van der Waals surface area (Å²) in [7, 11) is 1.57. The van der Waals surface area contributed by atoms with Gasteiger partial charge in [-0.2, -0.15) is 0 Å². The maximum atomic E-state index is 13.5. The number of amides is 1. The molecule has 0 unspecified atom stereocenters. The molecule has 116 valence electrons. The standard InChI is InChI=1S/C14H14F2N4O2/c1-22-5-4-17-14-18-7-9(8-19-14)13(21)20-12-3-2-10(15)6-11(12)16/h2-3,6-8H,4-5H2,1H3,(H,20,21)(H,17,18,19). The summed E-state index contributed by atoms with van der Waals surface area (Å²) in [6, 6.07) is 2.89. The highest BCUT2D eigenvalue weighted by molar-refractivity contribution is 6.03. The van der Waals surface area contributed by atoms with Gasteiger partial charge in [0.25, 0.3) is 5.91 Å². The molecule has 22 heavy (non-hydrogen) atoms. The van der Waals surface area contributed by atoms with Gasteiger partial charge in [-0.25, -0.2) is 18.7 Å². The normalized spacial score (nSPS) is 10.3. The number of carbonyl (C=O) groups excluding carboxylic acids is 1. The molecule has 0 spiro atoms. The van der Waals surface area contributed by atoms with Gasteiger partial charge in [0.05, 0.1) is 17.9 Å². The van der Waals surface area contributed by atoms with Crippen molar-refractivity contribution in [1.29, 1.82) is 0 Å². The number of rotatable bonds is 6. The summed E-state index contributed by atoms with van der Waals surface area (Å²) in [5.74, 6) is -1.81. The lowest BCUT2D eigenvalue weighted by molar-refractivity contribution is 0.102. The fraction of sp³-hybridized carbons (Fsp3) is 0.214. The molecule has 0 aliphatic heterocycles. The van der Waals surface area contributed by atoms with Gasteiger partial charge in [0.1, 0.15) is 11.6 Å². The predicted molar refractivity (Wildman–Crippen MR) is 76.7 cm³/mol. The van der Waals surface area contributed by atoms with Crippen molar-refractivity contribution in [3.63, 3.8) is 0 Å². The van der Waals surface area contributed by atoms with E-state index in [4.69, 9.17) is 4.74 Å². The quantitative estimate of drug-likeness (QED) is 0.799. The van der Waals surface area contributed by atoms with Crippen LogP contribution in [0.5, 0.6) is 0 Å². The second-order valence-corrected chi connectivity index (χ2v) is 4.29. The minimum Gasteiger partial charge on any atom is -0.383 e. The molecule has 0 aliphatic carbocycles. The van der Waals surface area contributed by atoms with Gasteiger partial charge in [-0.3, -0.25) is 4.79 Å². The van der Waals surface area contributed by atoms with Crippen molar-refractivity contribution in [2.45, 2.75) is 0 Å². The number of nitrogens with zero attached hydrogens (tertiary/aromatic N) is 2. The Kier molecular flexibility index (Phi) is 5.31. The van der Waals surface area contributed by atoms with E-state index in [-0.39, 0.29) is 11.3 Å². The second-order valence-electron chi connectivity index (χ2n) is 4.29. The van der Waals surface area contributed by atoms with Crippen molar-refractivity contribution in [1.82, 2.24) is 9.97 Å². The third-order valence-corrected chi connectivity index (χ3v) is 2.68. The topological polar surface area (TPSA) is 76.1 Å². The van der Waals surface area contributed by atoms with Gasteiger partial charge in [-0.15, -0.1) is 0 Å². The molecule has 0 bridgehead atoms. The minimum atomic E-state index is -0.855. The predicted octanol–water partition coefficient (Wildman–Crippen LogP) is 2.07. The molecule has 8 heteroatoms. The Morgan fingerprint density at radius 3 is 2.64 bits per heavy atom. The molecule has 1 heterocycles. The first kappa shape index (κ1) is 15.8. The number of anilines is 2. The molecule has 1 amide bonds. The summed E-state index contributed by atoms with van der Waals surface area (Å²) in [5.41, 5.74) is 0.0368. The Morgan fingerprint density at radius 1 is 1.27 bits per heavy atom. The molecule has 0 radical (unpaired) electrons. The molecule has 1 aromatic carbocycles. The average molecular weight is 308 g/mol. The van der Waals surface area contributed by atoms with E-state index in [0.717, 1.165) is 12.1 Å². The highest BCUT2D eigenvalue weighted by Gasteiger charge is 2.11. The van der Waals surface area contributed by atoms with Crippen molar-refractivity contribution in [2.75, 3.05) is 30.9 Å². The van der Waals surface area contributed by atoms with Gasteiger partial charge in [-0.1, -0.05) is 0 Å². The van der Waals surface area contributed by atoms with Gasteiger partial charge < -0.3 is 15.4 Å². The average Bonchev–Trinajstić information content (AvgIpc) is 2.51. The number of methoxy groups -OCH3 is 1. The summed E-state index contributed by atoms with van der Waals surface area (Å²) >= 11 is 0. The van der Waals surface area contributed by atoms with E-state index < -0.39 is 17.5 Å². The van der Waals surface area contributed by atoms with Crippen LogP contribution in [-0.4, -0.2) is 36.1 Å².